The first-order valence-electron chi connectivity index (χ1n) is 6.90. The van der Waals surface area contributed by atoms with Crippen molar-refractivity contribution in [2.45, 2.75) is 12.5 Å². The molecule has 1 N–H and O–H groups in total. The summed E-state index contributed by atoms with van der Waals surface area (Å²) in [5.41, 5.74) is 2.64. The van der Waals surface area contributed by atoms with Crippen LogP contribution in [0, 0.1) is 0 Å². The lowest BCUT2D eigenvalue weighted by atomic mass is 10.0. The van der Waals surface area contributed by atoms with Gasteiger partial charge in [-0.3, -0.25) is 4.79 Å². The van der Waals surface area contributed by atoms with Gasteiger partial charge in [-0.1, -0.05) is 30.3 Å². The summed E-state index contributed by atoms with van der Waals surface area (Å²) in [6.45, 7) is 0.187. The van der Waals surface area contributed by atoms with Crippen molar-refractivity contribution in [1.82, 2.24) is 0 Å². The van der Waals surface area contributed by atoms with E-state index in [4.69, 9.17) is 4.74 Å². The molecule has 1 aliphatic heterocycles. The molecule has 1 unspecified atom stereocenters. The average Bonchev–Trinajstić information content (AvgIpc) is 2.80. The fourth-order valence-electron chi connectivity index (χ4n) is 2.49. The largest absolute Gasteiger partial charge is 0.491 e. The van der Waals surface area contributed by atoms with E-state index in [1.807, 2.05) is 48.5 Å². The Hall–Kier alpha value is -2.33. The first-order chi connectivity index (χ1) is 10.1. The molecule has 21 heavy (non-hydrogen) atoms. The average molecular weight is 283 g/mol. The van der Waals surface area contributed by atoms with Crippen LogP contribution >= 0.6 is 0 Å². The summed E-state index contributed by atoms with van der Waals surface area (Å²) in [6, 6.07) is 15.0. The Morgan fingerprint density at radius 3 is 2.76 bits per heavy atom. The second kappa shape index (κ2) is 5.58. The second-order valence-corrected chi connectivity index (χ2v) is 5.16. The molecule has 0 saturated heterocycles. The van der Waals surface area contributed by atoms with Gasteiger partial charge < -0.3 is 14.7 Å². The van der Waals surface area contributed by atoms with Crippen LogP contribution in [0.3, 0.4) is 0 Å². The first kappa shape index (κ1) is 13.6. The molecule has 0 radical (unpaired) electrons. The number of ether oxygens (including phenoxy) is 1. The molecule has 4 heteroatoms. The monoisotopic (exact) mass is 283 g/mol. The minimum absolute atomic E-state index is 0.0807. The predicted molar refractivity (Wildman–Crippen MR) is 80.5 cm³/mol. The quantitative estimate of drug-likeness (QED) is 0.937. The van der Waals surface area contributed by atoms with Crippen molar-refractivity contribution in [2.75, 3.05) is 18.6 Å². The van der Waals surface area contributed by atoms with Gasteiger partial charge in [0.15, 0.2) is 0 Å². The van der Waals surface area contributed by atoms with Crippen molar-refractivity contribution in [2.24, 2.45) is 0 Å². The van der Waals surface area contributed by atoms with E-state index in [9.17, 15) is 9.90 Å². The van der Waals surface area contributed by atoms with Gasteiger partial charge in [-0.2, -0.15) is 0 Å². The highest BCUT2D eigenvalue weighted by atomic mass is 16.5. The highest BCUT2D eigenvalue weighted by Gasteiger charge is 2.24. The standard InChI is InChI=1S/C17H17NO3/c1-18-15-8-7-12(9-13(15)10-17(18)20)16(19)11-21-14-5-3-2-4-6-14/h2-9,16,19H,10-11H2,1H3. The van der Waals surface area contributed by atoms with Crippen molar-refractivity contribution in [3.05, 3.63) is 59.7 Å². The van der Waals surface area contributed by atoms with Gasteiger partial charge in [-0.25, -0.2) is 0 Å². The number of hydrogen-bond donors (Lipinski definition) is 1. The summed E-state index contributed by atoms with van der Waals surface area (Å²) in [6.07, 6.45) is -0.317. The number of aliphatic hydroxyl groups excluding tert-OH is 1. The number of benzene rings is 2. The zero-order valence-electron chi connectivity index (χ0n) is 11.8. The molecule has 1 atom stereocenters. The Morgan fingerprint density at radius 2 is 2.00 bits per heavy atom. The highest BCUT2D eigenvalue weighted by Crippen LogP contribution is 2.30. The van der Waals surface area contributed by atoms with Crippen LogP contribution in [0.5, 0.6) is 5.75 Å². The van der Waals surface area contributed by atoms with Gasteiger partial charge in [-0.15, -0.1) is 0 Å². The highest BCUT2D eigenvalue weighted by molar-refractivity contribution is 6.00. The maximum atomic E-state index is 11.7. The minimum Gasteiger partial charge on any atom is -0.491 e. The SMILES string of the molecule is CN1C(=O)Cc2cc(C(O)COc3ccccc3)ccc21. The number of carbonyl (C=O) groups is 1. The lowest BCUT2D eigenvalue weighted by Gasteiger charge is -2.15. The van der Waals surface area contributed by atoms with E-state index in [-0.39, 0.29) is 12.5 Å². The van der Waals surface area contributed by atoms with Gasteiger partial charge in [0, 0.05) is 12.7 Å². The second-order valence-electron chi connectivity index (χ2n) is 5.16. The molecule has 1 aliphatic rings. The van der Waals surface area contributed by atoms with Gasteiger partial charge in [0.2, 0.25) is 5.91 Å². The fourth-order valence-corrected chi connectivity index (χ4v) is 2.49. The molecule has 108 valence electrons. The van der Waals surface area contributed by atoms with E-state index < -0.39 is 6.10 Å². The number of para-hydroxylation sites is 1. The van der Waals surface area contributed by atoms with Crippen LogP contribution in [0.25, 0.3) is 0 Å². The predicted octanol–water partition coefficient (Wildman–Crippen LogP) is 2.32. The smallest absolute Gasteiger partial charge is 0.231 e. The van der Waals surface area contributed by atoms with Crippen molar-refractivity contribution >= 4 is 11.6 Å². The number of carbonyl (C=O) groups excluding carboxylic acids is 1. The van der Waals surface area contributed by atoms with Crippen molar-refractivity contribution in [3.8, 4) is 5.75 Å². The third-order valence-corrected chi connectivity index (χ3v) is 3.72. The summed E-state index contributed by atoms with van der Waals surface area (Å²) in [5.74, 6) is 0.810. The molecular weight excluding hydrogens is 266 g/mol. The van der Waals surface area contributed by atoms with Crippen LogP contribution in [0.4, 0.5) is 5.69 Å². The maximum absolute atomic E-state index is 11.7. The Balaban J connectivity index is 1.70. The molecule has 2 aromatic rings. The third kappa shape index (κ3) is 2.76. The molecule has 1 amide bonds. The van der Waals surface area contributed by atoms with Gasteiger partial charge in [-0.05, 0) is 29.3 Å². The molecule has 0 saturated carbocycles. The number of hydrogen-bond acceptors (Lipinski definition) is 3. The van der Waals surface area contributed by atoms with Crippen LogP contribution in [-0.2, 0) is 11.2 Å². The van der Waals surface area contributed by atoms with Crippen LogP contribution < -0.4 is 9.64 Å². The van der Waals surface area contributed by atoms with Crippen molar-refractivity contribution in [3.63, 3.8) is 0 Å². The molecule has 4 nitrogen and oxygen atoms in total. The first-order valence-corrected chi connectivity index (χ1v) is 6.90. The Bertz CT molecular complexity index is 654. The van der Waals surface area contributed by atoms with E-state index in [0.717, 1.165) is 22.6 Å². The Labute approximate surface area is 123 Å². The summed E-state index contributed by atoms with van der Waals surface area (Å²) in [7, 11) is 1.77. The van der Waals surface area contributed by atoms with Crippen LogP contribution in [-0.4, -0.2) is 24.7 Å². The lowest BCUT2D eigenvalue weighted by molar-refractivity contribution is -0.117. The molecular formula is C17H17NO3. The number of amides is 1. The van der Waals surface area contributed by atoms with Crippen molar-refractivity contribution in [1.29, 1.82) is 0 Å². The Morgan fingerprint density at radius 1 is 1.24 bits per heavy atom. The molecule has 3 rings (SSSR count). The zero-order valence-corrected chi connectivity index (χ0v) is 11.8. The summed E-state index contributed by atoms with van der Waals surface area (Å²) in [4.78, 5) is 13.3. The molecule has 0 aliphatic carbocycles. The number of rotatable bonds is 4. The molecule has 1 heterocycles. The van der Waals surface area contributed by atoms with Gasteiger partial charge >= 0.3 is 0 Å². The zero-order chi connectivity index (χ0) is 14.8. The molecule has 0 bridgehead atoms. The normalized spacial score (nSPS) is 15.0. The number of aliphatic hydroxyl groups is 1. The lowest BCUT2D eigenvalue weighted by Crippen LogP contribution is -2.20. The van der Waals surface area contributed by atoms with Crippen LogP contribution in [0.15, 0.2) is 48.5 Å². The summed E-state index contributed by atoms with van der Waals surface area (Å²) >= 11 is 0. The topological polar surface area (TPSA) is 49.8 Å². The Kier molecular flexibility index (Phi) is 3.62. The number of anilines is 1. The molecule has 0 spiro atoms. The van der Waals surface area contributed by atoms with E-state index in [2.05, 4.69) is 0 Å². The summed E-state index contributed by atoms with van der Waals surface area (Å²) in [5, 5.41) is 10.2. The number of likely N-dealkylation sites (N-methyl/N-ethyl adjacent to an activating group) is 1. The van der Waals surface area contributed by atoms with Gasteiger partial charge in [0.25, 0.3) is 0 Å². The fraction of sp³-hybridized carbons (Fsp3) is 0.235. The third-order valence-electron chi connectivity index (χ3n) is 3.72. The van der Waals surface area contributed by atoms with Gasteiger partial charge in [0.1, 0.15) is 18.5 Å². The van der Waals surface area contributed by atoms with Crippen LogP contribution in [0.2, 0.25) is 0 Å². The number of nitrogens with zero attached hydrogens (tertiary/aromatic N) is 1. The molecule has 2 aromatic carbocycles. The minimum atomic E-state index is -0.712. The maximum Gasteiger partial charge on any atom is 0.231 e. The van der Waals surface area contributed by atoms with E-state index in [0.29, 0.717) is 6.42 Å². The van der Waals surface area contributed by atoms with E-state index in [1.165, 1.54) is 0 Å². The van der Waals surface area contributed by atoms with Crippen molar-refractivity contribution < 1.29 is 14.6 Å². The molecule has 0 fully saturated rings. The van der Waals surface area contributed by atoms with E-state index >= 15 is 0 Å². The molecule has 0 aromatic heterocycles. The van der Waals surface area contributed by atoms with E-state index in [1.54, 1.807) is 11.9 Å². The van der Waals surface area contributed by atoms with Gasteiger partial charge in [0.05, 0.1) is 6.42 Å². The van der Waals surface area contributed by atoms with Crippen LogP contribution in [0.1, 0.15) is 17.2 Å². The summed E-state index contributed by atoms with van der Waals surface area (Å²) < 4.78 is 5.56. The number of fused-ring (bicyclic) bond motifs is 1.